The van der Waals surface area contributed by atoms with Gasteiger partial charge in [0.2, 0.25) is 5.91 Å². The Hall–Kier alpha value is -3.54. The topological polar surface area (TPSA) is 63.1 Å². The van der Waals surface area contributed by atoms with E-state index in [9.17, 15) is 4.79 Å². The molecule has 1 aliphatic carbocycles. The van der Waals surface area contributed by atoms with Gasteiger partial charge < -0.3 is 19.2 Å². The van der Waals surface area contributed by atoms with Crippen molar-refractivity contribution in [3.05, 3.63) is 77.9 Å². The highest BCUT2D eigenvalue weighted by Crippen LogP contribution is 2.52. The predicted molar refractivity (Wildman–Crippen MR) is 132 cm³/mol. The van der Waals surface area contributed by atoms with Crippen molar-refractivity contribution in [2.24, 2.45) is 5.92 Å². The third-order valence-electron chi connectivity index (χ3n) is 8.32. The second-order valence-corrected chi connectivity index (χ2v) is 9.99. The van der Waals surface area contributed by atoms with E-state index in [0.717, 1.165) is 47.4 Å². The minimum absolute atomic E-state index is 0.0298. The lowest BCUT2D eigenvalue weighted by Gasteiger charge is -2.55. The molecule has 2 aromatic heterocycles. The van der Waals surface area contributed by atoms with Gasteiger partial charge in [-0.25, -0.2) is 4.98 Å². The summed E-state index contributed by atoms with van der Waals surface area (Å²) >= 11 is 0. The Morgan fingerprint density at radius 1 is 1.24 bits per heavy atom. The van der Waals surface area contributed by atoms with Crippen molar-refractivity contribution in [3.63, 3.8) is 0 Å². The Morgan fingerprint density at radius 2 is 2.06 bits per heavy atom. The molecule has 2 aromatic carbocycles. The minimum atomic E-state index is -0.0298. The monoisotopic (exact) mass is 454 g/mol. The summed E-state index contributed by atoms with van der Waals surface area (Å²) in [7, 11) is 1.74. The van der Waals surface area contributed by atoms with Crippen LogP contribution in [0, 0.1) is 5.92 Å². The first kappa shape index (κ1) is 21.0. The highest BCUT2D eigenvalue weighted by molar-refractivity contribution is 5.82. The van der Waals surface area contributed by atoms with Gasteiger partial charge >= 0.3 is 0 Å². The molecule has 0 saturated carbocycles. The number of aromatic amines is 1. The van der Waals surface area contributed by atoms with Crippen LogP contribution in [0.2, 0.25) is 0 Å². The summed E-state index contributed by atoms with van der Waals surface area (Å²) in [6.07, 6.45) is 8.10. The minimum Gasteiger partial charge on any atom is -0.495 e. The van der Waals surface area contributed by atoms with E-state index in [2.05, 4.69) is 69.9 Å². The molecular formula is C28H30N4O2. The van der Waals surface area contributed by atoms with Gasteiger partial charge in [-0.05, 0) is 65.8 Å². The molecule has 6 heteroatoms. The maximum absolute atomic E-state index is 13.5. The van der Waals surface area contributed by atoms with Gasteiger partial charge in [-0.15, -0.1) is 0 Å². The van der Waals surface area contributed by atoms with Crippen LogP contribution in [0.1, 0.15) is 37.0 Å². The average molecular weight is 455 g/mol. The SMILES string of the molecule is COc1ccc2c(c1-n1cccc1)[C@]1(C)CCN(C(=O)Cc3ccc4nc[nH]c4c3)[C@H](C2)[C@H]1C. The van der Waals surface area contributed by atoms with Crippen molar-refractivity contribution in [2.45, 2.75) is 44.6 Å². The van der Waals surface area contributed by atoms with Crippen molar-refractivity contribution >= 4 is 16.9 Å². The molecule has 2 aliphatic rings. The Balaban J connectivity index is 1.35. The van der Waals surface area contributed by atoms with Gasteiger partial charge in [-0.3, -0.25) is 4.79 Å². The zero-order chi connectivity index (χ0) is 23.4. The summed E-state index contributed by atoms with van der Waals surface area (Å²) in [5.41, 5.74) is 6.75. The van der Waals surface area contributed by atoms with Crippen LogP contribution in [0.25, 0.3) is 16.7 Å². The summed E-state index contributed by atoms with van der Waals surface area (Å²) in [5, 5.41) is 0. The molecule has 4 aromatic rings. The van der Waals surface area contributed by atoms with Crippen LogP contribution in [0.15, 0.2) is 61.2 Å². The fraction of sp³-hybridized carbons (Fsp3) is 0.357. The molecule has 34 heavy (non-hydrogen) atoms. The Bertz CT molecular complexity index is 1370. The van der Waals surface area contributed by atoms with E-state index < -0.39 is 0 Å². The smallest absolute Gasteiger partial charge is 0.227 e. The van der Waals surface area contributed by atoms with Crippen LogP contribution in [-0.2, 0) is 23.1 Å². The number of hydrogen-bond acceptors (Lipinski definition) is 3. The van der Waals surface area contributed by atoms with Crippen molar-refractivity contribution in [1.82, 2.24) is 19.4 Å². The number of likely N-dealkylation sites (tertiary alicyclic amines) is 1. The lowest BCUT2D eigenvalue weighted by molar-refractivity contribution is -0.137. The number of H-pyrrole nitrogens is 1. The fourth-order valence-electron chi connectivity index (χ4n) is 6.31. The van der Waals surface area contributed by atoms with Crippen LogP contribution >= 0.6 is 0 Å². The van der Waals surface area contributed by atoms with Gasteiger partial charge in [0.15, 0.2) is 0 Å². The molecule has 0 spiro atoms. The largest absolute Gasteiger partial charge is 0.495 e. The second kappa shape index (κ2) is 7.76. The average Bonchev–Trinajstić information content (AvgIpc) is 3.52. The van der Waals surface area contributed by atoms with Gasteiger partial charge in [0.05, 0.1) is 36.6 Å². The number of rotatable bonds is 4. The molecule has 3 heterocycles. The highest BCUT2D eigenvalue weighted by Gasteiger charge is 2.51. The number of hydrogen-bond donors (Lipinski definition) is 1. The zero-order valence-electron chi connectivity index (χ0n) is 19.9. The zero-order valence-corrected chi connectivity index (χ0v) is 19.9. The molecular weight excluding hydrogens is 424 g/mol. The predicted octanol–water partition coefficient (Wildman–Crippen LogP) is 4.66. The van der Waals surface area contributed by atoms with Gasteiger partial charge in [0.25, 0.3) is 0 Å². The Labute approximate surface area is 199 Å². The first-order valence-corrected chi connectivity index (χ1v) is 12.0. The van der Waals surface area contributed by atoms with E-state index in [1.165, 1.54) is 11.1 Å². The normalized spacial score (nSPS) is 23.7. The first-order valence-electron chi connectivity index (χ1n) is 12.0. The molecule has 0 radical (unpaired) electrons. The number of benzene rings is 2. The standard InChI is InChI=1S/C28H30N4O2/c1-18-23-16-20-7-9-24(34-3)27(31-11-4-5-12-31)26(20)28(18,2)10-13-32(23)25(33)15-19-6-8-21-22(14-19)30-17-29-21/h4-9,11-12,14,17-18,23H,10,13,15-16H2,1-3H3,(H,29,30)/t18-,23-,28-/m1/s1. The first-order chi connectivity index (χ1) is 16.5. The third-order valence-corrected chi connectivity index (χ3v) is 8.32. The molecule has 1 saturated heterocycles. The molecule has 6 nitrogen and oxygen atoms in total. The number of imidazole rings is 1. The number of fused-ring (bicyclic) bond motifs is 5. The molecule has 2 bridgehead atoms. The molecule has 6 rings (SSSR count). The number of methoxy groups -OCH3 is 1. The van der Waals surface area contributed by atoms with Gasteiger partial charge in [0.1, 0.15) is 5.75 Å². The quantitative estimate of drug-likeness (QED) is 0.488. The molecule has 1 aliphatic heterocycles. The Kier molecular flexibility index (Phi) is 4.80. The number of carbonyl (C=O) groups excluding carboxylic acids is 1. The van der Waals surface area contributed by atoms with E-state index in [1.807, 2.05) is 18.2 Å². The van der Waals surface area contributed by atoms with E-state index in [-0.39, 0.29) is 17.4 Å². The molecule has 0 unspecified atom stereocenters. The number of amides is 1. The van der Waals surface area contributed by atoms with Crippen LogP contribution in [0.3, 0.4) is 0 Å². The number of nitrogens with zero attached hydrogens (tertiary/aromatic N) is 3. The molecule has 174 valence electrons. The van der Waals surface area contributed by atoms with E-state index in [0.29, 0.717) is 12.3 Å². The number of carbonyl (C=O) groups is 1. The van der Waals surface area contributed by atoms with Crippen molar-refractivity contribution in [2.75, 3.05) is 13.7 Å². The summed E-state index contributed by atoms with van der Waals surface area (Å²) in [6, 6.07) is 14.6. The third kappa shape index (κ3) is 3.08. The van der Waals surface area contributed by atoms with E-state index >= 15 is 0 Å². The lowest BCUT2D eigenvalue weighted by Crippen LogP contribution is -2.60. The van der Waals surface area contributed by atoms with Gasteiger partial charge in [-0.1, -0.05) is 26.0 Å². The number of nitrogens with one attached hydrogen (secondary N) is 1. The van der Waals surface area contributed by atoms with Crippen LogP contribution in [0.4, 0.5) is 0 Å². The maximum atomic E-state index is 13.5. The lowest BCUT2D eigenvalue weighted by atomic mass is 9.58. The van der Waals surface area contributed by atoms with E-state index in [4.69, 9.17) is 4.74 Å². The molecule has 1 fully saturated rings. The number of ether oxygens (including phenoxy) is 1. The van der Waals surface area contributed by atoms with Crippen LogP contribution < -0.4 is 4.74 Å². The molecule has 1 N–H and O–H groups in total. The van der Waals surface area contributed by atoms with E-state index in [1.54, 1.807) is 13.4 Å². The maximum Gasteiger partial charge on any atom is 0.227 e. The van der Waals surface area contributed by atoms with Gasteiger partial charge in [0, 0.05) is 30.4 Å². The molecule has 3 atom stereocenters. The number of piperidine rings is 1. The van der Waals surface area contributed by atoms with Crippen molar-refractivity contribution in [1.29, 1.82) is 0 Å². The summed E-state index contributed by atoms with van der Waals surface area (Å²) in [4.78, 5) is 23.1. The van der Waals surface area contributed by atoms with Gasteiger partial charge in [-0.2, -0.15) is 0 Å². The second-order valence-electron chi connectivity index (χ2n) is 9.99. The Morgan fingerprint density at radius 3 is 2.85 bits per heavy atom. The highest BCUT2D eigenvalue weighted by atomic mass is 16.5. The van der Waals surface area contributed by atoms with Crippen molar-refractivity contribution < 1.29 is 9.53 Å². The summed E-state index contributed by atoms with van der Waals surface area (Å²) in [5.74, 6) is 1.45. The number of aromatic nitrogens is 3. The summed E-state index contributed by atoms with van der Waals surface area (Å²) in [6.45, 7) is 5.48. The van der Waals surface area contributed by atoms with Crippen LogP contribution in [0.5, 0.6) is 5.75 Å². The molecule has 1 amide bonds. The fourth-order valence-corrected chi connectivity index (χ4v) is 6.31. The van der Waals surface area contributed by atoms with Crippen LogP contribution in [-0.4, -0.2) is 45.0 Å². The summed E-state index contributed by atoms with van der Waals surface area (Å²) < 4.78 is 7.99. The van der Waals surface area contributed by atoms with Crippen molar-refractivity contribution in [3.8, 4) is 11.4 Å².